The highest BCUT2D eigenvalue weighted by Crippen LogP contribution is 2.42. The van der Waals surface area contributed by atoms with E-state index in [1.807, 2.05) is 0 Å². The molecule has 0 amide bonds. The van der Waals surface area contributed by atoms with Crippen LogP contribution in [0.5, 0.6) is 0 Å². The van der Waals surface area contributed by atoms with Crippen molar-refractivity contribution in [1.29, 1.82) is 0 Å². The molecule has 0 saturated carbocycles. The van der Waals surface area contributed by atoms with E-state index >= 15 is 0 Å². The van der Waals surface area contributed by atoms with Crippen molar-refractivity contribution in [3.63, 3.8) is 0 Å². The Morgan fingerprint density at radius 3 is 2.27 bits per heavy atom. The van der Waals surface area contributed by atoms with Crippen LogP contribution in [0.4, 0.5) is 0 Å². The molecule has 0 radical (unpaired) electrons. The van der Waals surface area contributed by atoms with Gasteiger partial charge in [-0.05, 0) is 55.2 Å². The van der Waals surface area contributed by atoms with Gasteiger partial charge in [-0.2, -0.15) is 0 Å². The van der Waals surface area contributed by atoms with Crippen LogP contribution >= 0.6 is 0 Å². The van der Waals surface area contributed by atoms with Gasteiger partial charge in [-0.1, -0.05) is 92.8 Å². The molecule has 2 aliphatic heterocycles. The van der Waals surface area contributed by atoms with Crippen molar-refractivity contribution in [2.75, 3.05) is 0 Å². The fourth-order valence-corrected chi connectivity index (χ4v) is 13.9. The average Bonchev–Trinajstić information content (AvgIpc) is 2.70. The number of allylic oxidation sites excluding steroid dienone is 2. The van der Waals surface area contributed by atoms with Crippen LogP contribution < -0.4 is 0 Å². The maximum atomic E-state index is 2.44. The van der Waals surface area contributed by atoms with E-state index < -0.39 is 8.80 Å². The summed E-state index contributed by atoms with van der Waals surface area (Å²) in [4.78, 5) is 0. The average molecular weight is 385 g/mol. The van der Waals surface area contributed by atoms with E-state index in [0.717, 1.165) is 5.92 Å². The fourth-order valence-electron chi connectivity index (χ4n) is 5.62. The number of hydrogen-bond acceptors (Lipinski definition) is 0. The summed E-state index contributed by atoms with van der Waals surface area (Å²) in [7, 11) is -0.795. The summed E-state index contributed by atoms with van der Waals surface area (Å²) in [5.74, 6) is 0.876. The third kappa shape index (κ3) is 5.69. The molecule has 0 aliphatic carbocycles. The monoisotopic (exact) mass is 384 g/mol. The molecule has 2 aliphatic rings. The Hall–Kier alpha value is -0.606. The van der Waals surface area contributed by atoms with Crippen LogP contribution in [0.2, 0.25) is 35.8 Å². The van der Waals surface area contributed by atoms with Crippen LogP contribution in [0.25, 0.3) is 0 Å². The summed E-state index contributed by atoms with van der Waals surface area (Å²) < 4.78 is 0. The Balaban J connectivity index is 1.41. The molecule has 0 nitrogen and oxygen atoms in total. The predicted molar refractivity (Wildman–Crippen MR) is 123 cm³/mol. The van der Waals surface area contributed by atoms with Crippen molar-refractivity contribution in [2.24, 2.45) is 0 Å². The molecule has 1 aromatic rings. The van der Waals surface area contributed by atoms with Crippen molar-refractivity contribution >= 4 is 17.6 Å². The molecule has 0 atom stereocenters. The van der Waals surface area contributed by atoms with Gasteiger partial charge < -0.3 is 0 Å². The smallest absolute Gasteiger partial charge is 0.0399 e. The topological polar surface area (TPSA) is 0 Å². The Labute approximate surface area is 165 Å². The van der Waals surface area contributed by atoms with Gasteiger partial charge in [-0.3, -0.25) is 0 Å². The first-order valence-corrected chi connectivity index (χ1v) is 16.2. The Bertz CT molecular complexity index is 532. The van der Waals surface area contributed by atoms with Crippen molar-refractivity contribution < 1.29 is 0 Å². The van der Waals surface area contributed by atoms with Crippen LogP contribution in [-0.2, 0) is 6.42 Å². The maximum absolute atomic E-state index is 2.44. The zero-order valence-corrected chi connectivity index (χ0v) is 19.6. The van der Waals surface area contributed by atoms with Crippen LogP contribution in [0.15, 0.2) is 36.4 Å². The summed E-state index contributed by atoms with van der Waals surface area (Å²) in [6, 6.07) is 17.9. The van der Waals surface area contributed by atoms with Gasteiger partial charge in [0.05, 0.1) is 0 Å². The highest BCUT2D eigenvalue weighted by Gasteiger charge is 2.32. The van der Waals surface area contributed by atoms with E-state index in [1.54, 1.807) is 48.6 Å². The highest BCUT2D eigenvalue weighted by molar-refractivity contribution is 6.63. The van der Waals surface area contributed by atoms with Crippen molar-refractivity contribution in [2.45, 2.75) is 100 Å². The van der Waals surface area contributed by atoms with Gasteiger partial charge in [-0.25, -0.2) is 0 Å². The summed E-state index contributed by atoms with van der Waals surface area (Å²) in [6.07, 6.45) is 14.8. The highest BCUT2D eigenvalue weighted by atomic mass is 28.3. The quantitative estimate of drug-likeness (QED) is 0.347. The first kappa shape index (κ1) is 20.1. The summed E-state index contributed by atoms with van der Waals surface area (Å²) >= 11 is 0. The number of rotatable bonds is 7. The lowest BCUT2D eigenvalue weighted by molar-refractivity contribution is 0.585. The SMILES string of the molecule is C/C=C/CC[SiH]1CCC([SiH]2CCC(c3ccc(CCC)cc3)CC2)CC1. The van der Waals surface area contributed by atoms with E-state index in [9.17, 15) is 0 Å². The van der Waals surface area contributed by atoms with Crippen LogP contribution in [0.1, 0.15) is 69.4 Å². The Morgan fingerprint density at radius 1 is 0.962 bits per heavy atom. The molecule has 0 bridgehead atoms. The van der Waals surface area contributed by atoms with E-state index in [0.29, 0.717) is 0 Å². The first-order valence-electron chi connectivity index (χ1n) is 11.5. The second-order valence-corrected chi connectivity index (χ2v) is 16.1. The minimum atomic E-state index is -0.443. The lowest BCUT2D eigenvalue weighted by atomic mass is 9.92. The Morgan fingerprint density at radius 2 is 1.65 bits per heavy atom. The number of hydrogen-bond donors (Lipinski definition) is 0. The number of benzene rings is 1. The molecule has 3 rings (SSSR count). The first-order chi connectivity index (χ1) is 12.8. The lowest BCUT2D eigenvalue weighted by Gasteiger charge is -2.37. The summed E-state index contributed by atoms with van der Waals surface area (Å²) in [6.45, 7) is 4.44. The lowest BCUT2D eigenvalue weighted by Crippen LogP contribution is -2.30. The van der Waals surface area contributed by atoms with Crippen LogP contribution in [-0.4, -0.2) is 17.6 Å². The minimum absolute atomic E-state index is 0.352. The third-order valence-corrected chi connectivity index (χ3v) is 14.9. The number of aryl methyl sites for hydroxylation is 1. The molecule has 2 heteroatoms. The standard InChI is InChI=1S/C24H40Si2/c1-3-5-6-16-25-17-14-24(15-18-25)26-19-12-23(13-20-26)22-10-8-21(7-4-2)9-11-22/h3,5,8-11,23-26H,4,6-7,12-20H2,1-2H3/b5-3+. The molecule has 144 valence electrons. The van der Waals surface area contributed by atoms with Gasteiger partial charge in [0.2, 0.25) is 0 Å². The van der Waals surface area contributed by atoms with Gasteiger partial charge in [0.15, 0.2) is 0 Å². The summed E-state index contributed by atoms with van der Waals surface area (Å²) in [5, 5.41) is 0. The van der Waals surface area contributed by atoms with E-state index in [2.05, 4.69) is 50.3 Å². The molecule has 1 aromatic carbocycles. The molecule has 2 saturated heterocycles. The molecule has 0 spiro atoms. The van der Waals surface area contributed by atoms with Gasteiger partial charge in [0.25, 0.3) is 0 Å². The molecule has 2 fully saturated rings. The molecule has 0 aromatic heterocycles. The van der Waals surface area contributed by atoms with Gasteiger partial charge >= 0.3 is 0 Å². The maximum Gasteiger partial charge on any atom is 0.0399 e. The van der Waals surface area contributed by atoms with Gasteiger partial charge in [0, 0.05) is 17.6 Å². The zero-order valence-electron chi connectivity index (χ0n) is 17.3. The Kier molecular flexibility index (Phi) is 8.25. The zero-order chi connectivity index (χ0) is 18.2. The summed E-state index contributed by atoms with van der Waals surface area (Å²) in [5.41, 5.74) is 4.38. The third-order valence-electron chi connectivity index (χ3n) is 7.30. The van der Waals surface area contributed by atoms with E-state index in [1.165, 1.54) is 43.2 Å². The largest absolute Gasteiger partial charge is 0.0917 e. The fraction of sp³-hybridized carbons (Fsp3) is 0.667. The molecule has 26 heavy (non-hydrogen) atoms. The minimum Gasteiger partial charge on any atom is -0.0917 e. The van der Waals surface area contributed by atoms with Crippen molar-refractivity contribution in [1.82, 2.24) is 0 Å². The second kappa shape index (κ2) is 10.7. The molecular formula is C24H40Si2. The van der Waals surface area contributed by atoms with Crippen LogP contribution in [0, 0.1) is 0 Å². The predicted octanol–water partition coefficient (Wildman–Crippen LogP) is 7.10. The molecular weight excluding hydrogens is 344 g/mol. The molecule has 0 unspecified atom stereocenters. The van der Waals surface area contributed by atoms with Gasteiger partial charge in [-0.15, -0.1) is 0 Å². The molecule has 2 heterocycles. The normalized spacial score (nSPS) is 29.9. The van der Waals surface area contributed by atoms with Gasteiger partial charge in [0.1, 0.15) is 0 Å². The van der Waals surface area contributed by atoms with Crippen LogP contribution in [0.3, 0.4) is 0 Å². The van der Waals surface area contributed by atoms with Crippen molar-refractivity contribution in [3.8, 4) is 0 Å². The van der Waals surface area contributed by atoms with E-state index in [4.69, 9.17) is 0 Å². The van der Waals surface area contributed by atoms with E-state index in [-0.39, 0.29) is 8.80 Å². The van der Waals surface area contributed by atoms with Crippen molar-refractivity contribution in [3.05, 3.63) is 47.5 Å². The molecule has 0 N–H and O–H groups in total. The second-order valence-electron chi connectivity index (χ2n) is 9.03.